The third-order valence-electron chi connectivity index (χ3n) is 4.92. The lowest BCUT2D eigenvalue weighted by molar-refractivity contribution is 0.251. The lowest BCUT2D eigenvalue weighted by Gasteiger charge is -2.27. The van der Waals surface area contributed by atoms with Crippen molar-refractivity contribution in [3.8, 4) is 5.75 Å². The molecule has 1 aliphatic rings. The van der Waals surface area contributed by atoms with Gasteiger partial charge in [-0.15, -0.1) is 24.0 Å². The summed E-state index contributed by atoms with van der Waals surface area (Å²) in [5.41, 5.74) is 1.31. The van der Waals surface area contributed by atoms with Crippen LogP contribution in [0.4, 0.5) is 0 Å². The fraction of sp³-hybridized carbons (Fsp3) is 0.667. The summed E-state index contributed by atoms with van der Waals surface area (Å²) in [5.74, 6) is 1.81. The van der Waals surface area contributed by atoms with Crippen LogP contribution in [0.2, 0.25) is 0 Å². The first kappa shape index (κ1) is 25.0. The molecule has 0 aliphatic carbocycles. The van der Waals surface area contributed by atoms with Crippen LogP contribution in [0.1, 0.15) is 37.8 Å². The molecule has 1 aromatic carbocycles. The fourth-order valence-electron chi connectivity index (χ4n) is 3.43. The van der Waals surface area contributed by atoms with Gasteiger partial charge in [0, 0.05) is 13.1 Å². The first-order valence-electron chi connectivity index (χ1n) is 10.2. The van der Waals surface area contributed by atoms with Gasteiger partial charge in [0.05, 0.1) is 19.7 Å². The van der Waals surface area contributed by atoms with E-state index in [1.807, 2.05) is 12.1 Å². The Morgan fingerprint density at radius 3 is 2.43 bits per heavy atom. The Kier molecular flexibility index (Phi) is 12.5. The number of likely N-dealkylation sites (tertiary alicyclic amines) is 1. The van der Waals surface area contributed by atoms with Crippen LogP contribution in [0.3, 0.4) is 0 Å². The van der Waals surface area contributed by atoms with E-state index >= 15 is 0 Å². The van der Waals surface area contributed by atoms with Crippen LogP contribution in [-0.2, 0) is 0 Å². The second kappa shape index (κ2) is 14.0. The van der Waals surface area contributed by atoms with Crippen molar-refractivity contribution in [3.05, 3.63) is 29.8 Å². The van der Waals surface area contributed by atoms with Gasteiger partial charge < -0.3 is 20.3 Å². The van der Waals surface area contributed by atoms with Crippen molar-refractivity contribution < 1.29 is 4.74 Å². The predicted molar refractivity (Wildman–Crippen MR) is 129 cm³/mol. The Morgan fingerprint density at radius 1 is 1.18 bits per heavy atom. The van der Waals surface area contributed by atoms with E-state index in [-0.39, 0.29) is 24.0 Å². The lowest BCUT2D eigenvalue weighted by atomic mass is 10.1. The van der Waals surface area contributed by atoms with Gasteiger partial charge in [-0.1, -0.05) is 12.1 Å². The quantitative estimate of drug-likeness (QED) is 0.223. The molecule has 1 fully saturated rings. The van der Waals surface area contributed by atoms with Crippen molar-refractivity contribution in [3.63, 3.8) is 0 Å². The smallest absolute Gasteiger partial charge is 0.191 e. The molecule has 0 saturated carbocycles. The normalized spacial score (nSPS) is 16.0. The zero-order valence-corrected chi connectivity index (χ0v) is 20.2. The molecule has 0 amide bonds. The topological polar surface area (TPSA) is 52.1 Å². The number of hydrogen-bond acceptors (Lipinski definition) is 4. The molecule has 28 heavy (non-hydrogen) atoms. The van der Waals surface area contributed by atoms with Crippen LogP contribution in [0, 0.1) is 0 Å². The second-order valence-electron chi connectivity index (χ2n) is 7.34. The number of halogens is 1. The molecule has 0 radical (unpaired) electrons. The number of benzene rings is 1. The number of ether oxygens (including phenoxy) is 1. The molecule has 6 nitrogen and oxygen atoms in total. The van der Waals surface area contributed by atoms with Crippen LogP contribution >= 0.6 is 24.0 Å². The third kappa shape index (κ3) is 8.53. The molecule has 0 bridgehead atoms. The number of methoxy groups -OCH3 is 1. The van der Waals surface area contributed by atoms with Crippen LogP contribution in [-0.4, -0.2) is 76.2 Å². The van der Waals surface area contributed by atoms with Gasteiger partial charge in [0.25, 0.3) is 0 Å². The van der Waals surface area contributed by atoms with E-state index in [9.17, 15) is 0 Å². The Morgan fingerprint density at radius 2 is 1.86 bits per heavy atom. The Bertz CT molecular complexity index is 558. The summed E-state index contributed by atoms with van der Waals surface area (Å²) in [6.07, 6.45) is 3.66. The second-order valence-corrected chi connectivity index (χ2v) is 7.34. The summed E-state index contributed by atoms with van der Waals surface area (Å²) in [4.78, 5) is 9.67. The van der Waals surface area contributed by atoms with E-state index in [2.05, 4.69) is 53.6 Å². The number of nitrogens with one attached hydrogen (secondary N) is 2. The predicted octanol–water partition coefficient (Wildman–Crippen LogP) is 2.96. The van der Waals surface area contributed by atoms with E-state index in [1.54, 1.807) is 7.11 Å². The van der Waals surface area contributed by atoms with Crippen LogP contribution in [0.25, 0.3) is 0 Å². The van der Waals surface area contributed by atoms with Crippen molar-refractivity contribution in [2.24, 2.45) is 4.99 Å². The molecular formula is C21H38IN5O. The maximum atomic E-state index is 5.31. The molecule has 7 heteroatoms. The highest BCUT2D eigenvalue weighted by Crippen LogP contribution is 2.27. The van der Waals surface area contributed by atoms with Gasteiger partial charge in [-0.25, -0.2) is 0 Å². The summed E-state index contributed by atoms with van der Waals surface area (Å²) in [6, 6.07) is 8.76. The monoisotopic (exact) mass is 503 g/mol. The Balaban J connectivity index is 0.00000392. The average Bonchev–Trinajstić information content (AvgIpc) is 3.20. The SMILES string of the molecule is CCNC(=NCC(c1ccc(OC)cc1)N1CCCC1)NCCCN(C)C.I. The van der Waals surface area contributed by atoms with Gasteiger partial charge >= 0.3 is 0 Å². The number of rotatable bonds is 10. The summed E-state index contributed by atoms with van der Waals surface area (Å²) in [7, 11) is 5.92. The van der Waals surface area contributed by atoms with E-state index in [4.69, 9.17) is 9.73 Å². The first-order valence-corrected chi connectivity index (χ1v) is 10.2. The van der Waals surface area contributed by atoms with Gasteiger partial charge in [-0.05, 0) is 77.6 Å². The van der Waals surface area contributed by atoms with Crippen LogP contribution < -0.4 is 15.4 Å². The first-order chi connectivity index (χ1) is 13.1. The minimum Gasteiger partial charge on any atom is -0.497 e. The van der Waals surface area contributed by atoms with Crippen molar-refractivity contribution >= 4 is 29.9 Å². The minimum atomic E-state index is 0. The maximum Gasteiger partial charge on any atom is 0.191 e. The highest BCUT2D eigenvalue weighted by molar-refractivity contribution is 14.0. The highest BCUT2D eigenvalue weighted by Gasteiger charge is 2.23. The van der Waals surface area contributed by atoms with Crippen LogP contribution in [0.15, 0.2) is 29.3 Å². The van der Waals surface area contributed by atoms with E-state index in [1.165, 1.54) is 18.4 Å². The molecule has 1 saturated heterocycles. The summed E-state index contributed by atoms with van der Waals surface area (Å²) < 4.78 is 5.31. The maximum absolute atomic E-state index is 5.31. The van der Waals surface area contributed by atoms with Crippen molar-refractivity contribution in [2.75, 3.05) is 60.5 Å². The molecule has 160 valence electrons. The minimum absolute atomic E-state index is 0. The summed E-state index contributed by atoms with van der Waals surface area (Å²) >= 11 is 0. The van der Waals surface area contributed by atoms with Crippen molar-refractivity contribution in [1.82, 2.24) is 20.4 Å². The Hall–Kier alpha value is -1.06. The molecule has 1 aromatic rings. The standard InChI is InChI=1S/C21H37N5O.HI/c1-5-22-21(23-13-8-14-25(2)3)24-17-20(26-15-6-7-16-26)18-9-11-19(27-4)12-10-18;/h9-12,20H,5-8,13-17H2,1-4H3,(H2,22,23,24);1H. The molecule has 1 aliphatic heterocycles. The van der Waals surface area contributed by atoms with Gasteiger partial charge in [0.15, 0.2) is 5.96 Å². The average molecular weight is 503 g/mol. The van der Waals surface area contributed by atoms with Crippen LogP contribution in [0.5, 0.6) is 5.75 Å². The molecule has 0 spiro atoms. The van der Waals surface area contributed by atoms with Gasteiger partial charge in [-0.3, -0.25) is 9.89 Å². The molecule has 1 unspecified atom stereocenters. The number of hydrogen-bond donors (Lipinski definition) is 2. The number of nitrogens with zero attached hydrogens (tertiary/aromatic N) is 3. The summed E-state index contributed by atoms with van der Waals surface area (Å²) in [5, 5.41) is 6.84. The number of guanidine groups is 1. The molecule has 2 N–H and O–H groups in total. The van der Waals surface area contributed by atoms with Gasteiger partial charge in [0.2, 0.25) is 0 Å². The third-order valence-corrected chi connectivity index (χ3v) is 4.92. The van der Waals surface area contributed by atoms with Crippen molar-refractivity contribution in [1.29, 1.82) is 0 Å². The molecular weight excluding hydrogens is 465 g/mol. The highest BCUT2D eigenvalue weighted by atomic mass is 127. The summed E-state index contributed by atoms with van der Waals surface area (Å²) in [6.45, 7) is 8.05. The van der Waals surface area contributed by atoms with Gasteiger partial charge in [-0.2, -0.15) is 0 Å². The zero-order chi connectivity index (χ0) is 19.5. The number of aliphatic imine (C=N–C) groups is 1. The fourth-order valence-corrected chi connectivity index (χ4v) is 3.43. The van der Waals surface area contributed by atoms with E-state index < -0.39 is 0 Å². The van der Waals surface area contributed by atoms with Crippen molar-refractivity contribution in [2.45, 2.75) is 32.2 Å². The van der Waals surface area contributed by atoms with E-state index in [0.717, 1.165) is 57.4 Å². The molecule has 0 aromatic heterocycles. The van der Waals surface area contributed by atoms with Gasteiger partial charge in [0.1, 0.15) is 5.75 Å². The largest absolute Gasteiger partial charge is 0.497 e. The lowest BCUT2D eigenvalue weighted by Crippen LogP contribution is -2.39. The Labute approximate surface area is 188 Å². The van der Waals surface area contributed by atoms with E-state index in [0.29, 0.717) is 6.04 Å². The zero-order valence-electron chi connectivity index (χ0n) is 17.9. The molecule has 1 atom stereocenters. The molecule has 2 rings (SSSR count). The molecule has 1 heterocycles.